The molecule has 1 aromatic heterocycles. The van der Waals surface area contributed by atoms with E-state index >= 15 is 0 Å². The SMILES string of the molecule is NCc1cncc(Oc2cccc(Cl)c2F)c1. The molecule has 0 spiro atoms. The number of nitrogens with zero attached hydrogens (tertiary/aromatic N) is 1. The Kier molecular flexibility index (Phi) is 3.56. The molecule has 0 saturated heterocycles. The molecule has 0 bridgehead atoms. The van der Waals surface area contributed by atoms with Gasteiger partial charge in [0.1, 0.15) is 5.75 Å². The second-order valence-electron chi connectivity index (χ2n) is 3.39. The summed E-state index contributed by atoms with van der Waals surface area (Å²) in [6, 6.07) is 6.27. The molecule has 1 aromatic carbocycles. The van der Waals surface area contributed by atoms with Gasteiger partial charge in [-0.1, -0.05) is 17.7 Å². The van der Waals surface area contributed by atoms with Crippen molar-refractivity contribution in [2.45, 2.75) is 6.54 Å². The molecule has 0 aliphatic rings. The number of rotatable bonds is 3. The molecule has 17 heavy (non-hydrogen) atoms. The number of nitrogens with two attached hydrogens (primary N) is 1. The van der Waals surface area contributed by atoms with Gasteiger partial charge in [0.2, 0.25) is 0 Å². The molecule has 88 valence electrons. The van der Waals surface area contributed by atoms with Crippen LogP contribution < -0.4 is 10.5 Å². The lowest BCUT2D eigenvalue weighted by Gasteiger charge is -2.07. The topological polar surface area (TPSA) is 48.1 Å². The van der Waals surface area contributed by atoms with Gasteiger partial charge < -0.3 is 10.5 Å². The summed E-state index contributed by atoms with van der Waals surface area (Å²) in [6.07, 6.45) is 3.11. The van der Waals surface area contributed by atoms with Crippen molar-refractivity contribution in [2.75, 3.05) is 0 Å². The Morgan fingerprint density at radius 3 is 2.94 bits per heavy atom. The summed E-state index contributed by atoms with van der Waals surface area (Å²) < 4.78 is 18.9. The van der Waals surface area contributed by atoms with E-state index in [2.05, 4.69) is 4.98 Å². The van der Waals surface area contributed by atoms with E-state index in [0.29, 0.717) is 12.3 Å². The monoisotopic (exact) mass is 252 g/mol. The highest BCUT2D eigenvalue weighted by Gasteiger charge is 2.08. The highest BCUT2D eigenvalue weighted by Crippen LogP contribution is 2.28. The van der Waals surface area contributed by atoms with Gasteiger partial charge in [-0.15, -0.1) is 0 Å². The first kappa shape index (κ1) is 11.8. The molecule has 0 unspecified atom stereocenters. The van der Waals surface area contributed by atoms with Gasteiger partial charge in [-0.05, 0) is 23.8 Å². The number of hydrogen-bond donors (Lipinski definition) is 1. The van der Waals surface area contributed by atoms with Crippen LogP contribution in [0.4, 0.5) is 4.39 Å². The summed E-state index contributed by atoms with van der Waals surface area (Å²) in [5, 5.41) is 0.0189. The summed E-state index contributed by atoms with van der Waals surface area (Å²) >= 11 is 5.65. The number of ether oxygens (including phenoxy) is 1. The lowest BCUT2D eigenvalue weighted by atomic mass is 10.3. The van der Waals surface area contributed by atoms with Crippen molar-refractivity contribution in [3.63, 3.8) is 0 Å². The molecule has 5 heteroatoms. The predicted octanol–water partition coefficient (Wildman–Crippen LogP) is 3.13. The average molecular weight is 253 g/mol. The van der Waals surface area contributed by atoms with Crippen molar-refractivity contribution in [3.05, 3.63) is 53.1 Å². The predicted molar refractivity (Wildman–Crippen MR) is 63.6 cm³/mol. The first-order chi connectivity index (χ1) is 8.20. The van der Waals surface area contributed by atoms with Crippen LogP contribution in [0.3, 0.4) is 0 Å². The van der Waals surface area contributed by atoms with E-state index in [9.17, 15) is 4.39 Å². The fraction of sp³-hybridized carbons (Fsp3) is 0.0833. The Balaban J connectivity index is 2.28. The minimum absolute atomic E-state index is 0.0189. The van der Waals surface area contributed by atoms with Crippen molar-refractivity contribution in [3.8, 4) is 11.5 Å². The quantitative estimate of drug-likeness (QED) is 0.913. The summed E-state index contributed by atoms with van der Waals surface area (Å²) in [6.45, 7) is 0.349. The van der Waals surface area contributed by atoms with E-state index in [1.165, 1.54) is 18.3 Å². The largest absolute Gasteiger partial charge is 0.453 e. The van der Waals surface area contributed by atoms with Gasteiger partial charge in [-0.3, -0.25) is 4.98 Å². The number of halogens is 2. The fourth-order valence-electron chi connectivity index (χ4n) is 1.32. The first-order valence-electron chi connectivity index (χ1n) is 4.96. The van der Waals surface area contributed by atoms with Crippen LogP contribution in [0.1, 0.15) is 5.56 Å². The van der Waals surface area contributed by atoms with Gasteiger partial charge in [0.25, 0.3) is 0 Å². The number of hydrogen-bond acceptors (Lipinski definition) is 3. The zero-order valence-corrected chi connectivity index (χ0v) is 9.62. The van der Waals surface area contributed by atoms with E-state index in [1.807, 2.05) is 0 Å². The second kappa shape index (κ2) is 5.12. The van der Waals surface area contributed by atoms with Crippen LogP contribution in [-0.2, 0) is 6.54 Å². The van der Waals surface area contributed by atoms with Crippen LogP contribution in [0.2, 0.25) is 5.02 Å². The Morgan fingerprint density at radius 2 is 2.18 bits per heavy atom. The normalized spacial score (nSPS) is 10.3. The lowest BCUT2D eigenvalue weighted by molar-refractivity contribution is 0.440. The fourth-order valence-corrected chi connectivity index (χ4v) is 1.49. The molecule has 2 rings (SSSR count). The zero-order valence-electron chi connectivity index (χ0n) is 8.86. The molecule has 0 amide bonds. The zero-order chi connectivity index (χ0) is 12.3. The third-order valence-corrected chi connectivity index (χ3v) is 2.44. The smallest absolute Gasteiger partial charge is 0.184 e. The molecule has 0 atom stereocenters. The summed E-state index contributed by atoms with van der Waals surface area (Å²) in [7, 11) is 0. The molecule has 0 aliphatic carbocycles. The third-order valence-electron chi connectivity index (χ3n) is 2.15. The third kappa shape index (κ3) is 2.72. The van der Waals surface area contributed by atoms with Gasteiger partial charge in [0.05, 0.1) is 11.2 Å². The molecule has 2 N–H and O–H groups in total. The van der Waals surface area contributed by atoms with Crippen molar-refractivity contribution >= 4 is 11.6 Å². The average Bonchev–Trinajstić information content (AvgIpc) is 2.35. The van der Waals surface area contributed by atoms with Gasteiger partial charge in [0, 0.05) is 12.7 Å². The van der Waals surface area contributed by atoms with E-state index in [4.69, 9.17) is 22.1 Å². The van der Waals surface area contributed by atoms with Crippen LogP contribution >= 0.6 is 11.6 Å². The minimum Gasteiger partial charge on any atom is -0.453 e. The summed E-state index contributed by atoms with van der Waals surface area (Å²) in [5.74, 6) is -0.102. The van der Waals surface area contributed by atoms with Crippen molar-refractivity contribution in [2.24, 2.45) is 5.73 Å². The van der Waals surface area contributed by atoms with Crippen molar-refractivity contribution < 1.29 is 9.13 Å². The molecule has 0 fully saturated rings. The standard InChI is InChI=1S/C12H10ClFN2O/c13-10-2-1-3-11(12(10)14)17-9-4-8(5-15)6-16-7-9/h1-4,6-7H,5,15H2. The molecule has 0 aliphatic heterocycles. The van der Waals surface area contributed by atoms with E-state index < -0.39 is 5.82 Å². The highest BCUT2D eigenvalue weighted by atomic mass is 35.5. The van der Waals surface area contributed by atoms with Crippen LogP contribution in [0, 0.1) is 5.82 Å². The molecule has 3 nitrogen and oxygen atoms in total. The molecule has 2 aromatic rings. The molecule has 0 saturated carbocycles. The van der Waals surface area contributed by atoms with E-state index in [1.54, 1.807) is 18.3 Å². The van der Waals surface area contributed by atoms with E-state index in [-0.39, 0.29) is 10.8 Å². The first-order valence-corrected chi connectivity index (χ1v) is 5.34. The molecule has 0 radical (unpaired) electrons. The van der Waals surface area contributed by atoms with Crippen LogP contribution in [0.5, 0.6) is 11.5 Å². The van der Waals surface area contributed by atoms with Gasteiger partial charge in [-0.25, -0.2) is 4.39 Å². The molecular formula is C12H10ClFN2O. The van der Waals surface area contributed by atoms with Gasteiger partial charge >= 0.3 is 0 Å². The highest BCUT2D eigenvalue weighted by molar-refractivity contribution is 6.30. The van der Waals surface area contributed by atoms with Gasteiger partial charge in [-0.2, -0.15) is 0 Å². The maximum Gasteiger partial charge on any atom is 0.184 e. The van der Waals surface area contributed by atoms with Crippen molar-refractivity contribution in [1.29, 1.82) is 0 Å². The Labute approximate surface area is 103 Å². The number of aromatic nitrogens is 1. The second-order valence-corrected chi connectivity index (χ2v) is 3.79. The number of pyridine rings is 1. The van der Waals surface area contributed by atoms with Gasteiger partial charge in [0.15, 0.2) is 11.6 Å². The molecular weight excluding hydrogens is 243 g/mol. The van der Waals surface area contributed by atoms with Crippen LogP contribution in [-0.4, -0.2) is 4.98 Å². The lowest BCUT2D eigenvalue weighted by Crippen LogP contribution is -1.97. The summed E-state index contributed by atoms with van der Waals surface area (Å²) in [5.41, 5.74) is 6.29. The van der Waals surface area contributed by atoms with Crippen LogP contribution in [0.25, 0.3) is 0 Å². The van der Waals surface area contributed by atoms with E-state index in [0.717, 1.165) is 5.56 Å². The Hall–Kier alpha value is -1.65. The Bertz CT molecular complexity index is 534. The minimum atomic E-state index is -0.590. The van der Waals surface area contributed by atoms with Crippen molar-refractivity contribution in [1.82, 2.24) is 4.98 Å². The Morgan fingerprint density at radius 1 is 1.35 bits per heavy atom. The maximum atomic E-state index is 13.6. The maximum absolute atomic E-state index is 13.6. The number of benzene rings is 1. The van der Waals surface area contributed by atoms with Crippen LogP contribution in [0.15, 0.2) is 36.7 Å². The molecule has 1 heterocycles. The summed E-state index contributed by atoms with van der Waals surface area (Å²) in [4.78, 5) is 3.94.